The number of rotatable bonds is 3. The maximum absolute atomic E-state index is 2.37. The molecule has 0 aromatic heterocycles. The molecule has 10 aromatic rings. The molecule has 0 heteroatoms. The highest BCUT2D eigenvalue weighted by Crippen LogP contribution is 2.45. The highest BCUT2D eigenvalue weighted by molar-refractivity contribution is 6.22. The lowest BCUT2D eigenvalue weighted by Gasteiger charge is -2.18. The van der Waals surface area contributed by atoms with Crippen molar-refractivity contribution >= 4 is 64.6 Å². The van der Waals surface area contributed by atoms with Crippen LogP contribution < -0.4 is 0 Å². The SMILES string of the molecule is c1ccc2cc(-c3ccc4cc(-c5c6ccccc6c(-c6ccc7c(ccc8ccccc87)c6)c6ccccc56)ccc4c3)ccc2c1. The van der Waals surface area contributed by atoms with Gasteiger partial charge in [-0.3, -0.25) is 0 Å². The number of benzene rings is 10. The molecule has 48 heavy (non-hydrogen) atoms. The Balaban J connectivity index is 1.15. The Bertz CT molecular complexity index is 2830. The highest BCUT2D eigenvalue weighted by Gasteiger charge is 2.17. The summed E-state index contributed by atoms with van der Waals surface area (Å²) in [6.07, 6.45) is 0. The van der Waals surface area contributed by atoms with Gasteiger partial charge in [-0.25, -0.2) is 0 Å². The molecule has 0 amide bonds. The second-order valence-electron chi connectivity index (χ2n) is 12.9. The van der Waals surface area contributed by atoms with Gasteiger partial charge in [0.25, 0.3) is 0 Å². The van der Waals surface area contributed by atoms with E-state index in [1.165, 1.54) is 98.0 Å². The molecule has 0 N–H and O–H groups in total. The lowest BCUT2D eigenvalue weighted by Crippen LogP contribution is -1.91. The zero-order chi connectivity index (χ0) is 31.6. The summed E-state index contributed by atoms with van der Waals surface area (Å²) in [6.45, 7) is 0. The summed E-state index contributed by atoms with van der Waals surface area (Å²) >= 11 is 0. The summed E-state index contributed by atoms with van der Waals surface area (Å²) in [5.74, 6) is 0. The first kappa shape index (κ1) is 26.9. The molecular weight excluding hydrogens is 577 g/mol. The molecule has 0 saturated carbocycles. The number of hydrogen-bond acceptors (Lipinski definition) is 0. The van der Waals surface area contributed by atoms with Crippen LogP contribution in [0.2, 0.25) is 0 Å². The largest absolute Gasteiger partial charge is 0.0616 e. The molecule has 0 heterocycles. The van der Waals surface area contributed by atoms with E-state index in [2.05, 4.69) is 182 Å². The first-order chi connectivity index (χ1) is 23.8. The van der Waals surface area contributed by atoms with E-state index >= 15 is 0 Å². The van der Waals surface area contributed by atoms with E-state index in [4.69, 9.17) is 0 Å². The zero-order valence-corrected chi connectivity index (χ0v) is 26.3. The fraction of sp³-hybridized carbons (Fsp3) is 0. The molecule has 0 nitrogen and oxygen atoms in total. The molecule has 222 valence electrons. The Hall–Kier alpha value is -6.24. The van der Waals surface area contributed by atoms with Gasteiger partial charge in [-0.05, 0) is 122 Å². The van der Waals surface area contributed by atoms with Crippen LogP contribution in [0.3, 0.4) is 0 Å². The van der Waals surface area contributed by atoms with Crippen LogP contribution in [0.1, 0.15) is 0 Å². The Morgan fingerprint density at radius 1 is 0.188 bits per heavy atom. The van der Waals surface area contributed by atoms with E-state index < -0.39 is 0 Å². The van der Waals surface area contributed by atoms with Crippen molar-refractivity contribution in [2.24, 2.45) is 0 Å². The third-order valence-electron chi connectivity index (χ3n) is 10.2. The maximum Gasteiger partial charge on any atom is -0.00262 e. The average molecular weight is 607 g/mol. The minimum Gasteiger partial charge on any atom is -0.0616 e. The Morgan fingerprint density at radius 3 is 1.12 bits per heavy atom. The van der Waals surface area contributed by atoms with E-state index in [9.17, 15) is 0 Å². The molecule has 0 radical (unpaired) electrons. The maximum atomic E-state index is 2.37. The van der Waals surface area contributed by atoms with Crippen molar-refractivity contribution in [3.63, 3.8) is 0 Å². The molecule has 0 spiro atoms. The van der Waals surface area contributed by atoms with Crippen molar-refractivity contribution in [3.8, 4) is 33.4 Å². The summed E-state index contributed by atoms with van der Waals surface area (Å²) < 4.78 is 0. The van der Waals surface area contributed by atoms with Gasteiger partial charge in [-0.2, -0.15) is 0 Å². The third kappa shape index (κ3) is 4.24. The fourth-order valence-electron chi connectivity index (χ4n) is 7.87. The highest BCUT2D eigenvalue weighted by atomic mass is 14.2. The Labute approximate surface area is 279 Å². The van der Waals surface area contributed by atoms with Gasteiger partial charge < -0.3 is 0 Å². The van der Waals surface area contributed by atoms with Crippen LogP contribution >= 0.6 is 0 Å². The predicted octanol–water partition coefficient (Wildman–Crippen LogP) is 13.6. The summed E-state index contributed by atoms with van der Waals surface area (Å²) in [5.41, 5.74) is 7.55. The second kappa shape index (κ2) is 10.7. The van der Waals surface area contributed by atoms with Crippen LogP contribution in [0.15, 0.2) is 182 Å². The predicted molar refractivity (Wildman–Crippen MR) is 208 cm³/mol. The monoisotopic (exact) mass is 606 g/mol. The Morgan fingerprint density at radius 2 is 0.521 bits per heavy atom. The lowest BCUT2D eigenvalue weighted by atomic mass is 9.85. The first-order valence-corrected chi connectivity index (χ1v) is 16.7. The molecule has 10 rings (SSSR count). The van der Waals surface area contributed by atoms with E-state index in [-0.39, 0.29) is 0 Å². The summed E-state index contributed by atoms with van der Waals surface area (Å²) in [7, 11) is 0. The number of hydrogen-bond donors (Lipinski definition) is 0. The lowest BCUT2D eigenvalue weighted by molar-refractivity contribution is 1.66. The van der Waals surface area contributed by atoms with Crippen LogP contribution in [0.4, 0.5) is 0 Å². The third-order valence-corrected chi connectivity index (χ3v) is 10.2. The molecule has 0 fully saturated rings. The minimum absolute atomic E-state index is 1.24. The van der Waals surface area contributed by atoms with Gasteiger partial charge in [0.1, 0.15) is 0 Å². The molecule has 0 atom stereocenters. The van der Waals surface area contributed by atoms with E-state index in [1.54, 1.807) is 0 Å². The van der Waals surface area contributed by atoms with E-state index in [0.29, 0.717) is 0 Å². The molecule has 0 unspecified atom stereocenters. The summed E-state index contributed by atoms with van der Waals surface area (Å²) in [5, 5.41) is 15.3. The van der Waals surface area contributed by atoms with Crippen molar-refractivity contribution in [2.75, 3.05) is 0 Å². The molecule has 0 aliphatic rings. The molecule has 0 saturated heterocycles. The van der Waals surface area contributed by atoms with Crippen LogP contribution in [0.25, 0.3) is 98.0 Å². The minimum atomic E-state index is 1.24. The standard InChI is InChI=1S/C48H30/c1-2-11-33-27-34(19-17-31(33)9-1)35-20-21-37-29-39(24-22-36(37)28-35)47-43-13-5-7-15-45(43)48(46-16-8-6-14-44(46)47)40-25-26-42-38(30-40)23-18-32-10-3-4-12-41(32)42/h1-30H. The van der Waals surface area contributed by atoms with Gasteiger partial charge in [-0.15, -0.1) is 0 Å². The fourth-order valence-corrected chi connectivity index (χ4v) is 7.87. The van der Waals surface area contributed by atoms with E-state index in [0.717, 1.165) is 0 Å². The van der Waals surface area contributed by atoms with Crippen molar-refractivity contribution in [3.05, 3.63) is 182 Å². The average Bonchev–Trinajstić information content (AvgIpc) is 3.16. The van der Waals surface area contributed by atoms with Gasteiger partial charge in [0, 0.05) is 0 Å². The van der Waals surface area contributed by atoms with Gasteiger partial charge in [-0.1, -0.05) is 158 Å². The van der Waals surface area contributed by atoms with Gasteiger partial charge in [0.15, 0.2) is 0 Å². The van der Waals surface area contributed by atoms with E-state index in [1.807, 2.05) is 0 Å². The van der Waals surface area contributed by atoms with Crippen LogP contribution in [-0.4, -0.2) is 0 Å². The van der Waals surface area contributed by atoms with Gasteiger partial charge in [0.2, 0.25) is 0 Å². The molecular formula is C48H30. The van der Waals surface area contributed by atoms with Crippen molar-refractivity contribution in [1.82, 2.24) is 0 Å². The molecule has 0 bridgehead atoms. The van der Waals surface area contributed by atoms with Crippen molar-refractivity contribution < 1.29 is 0 Å². The smallest absolute Gasteiger partial charge is 0.00262 e. The van der Waals surface area contributed by atoms with Gasteiger partial charge in [0.05, 0.1) is 0 Å². The zero-order valence-electron chi connectivity index (χ0n) is 26.3. The van der Waals surface area contributed by atoms with Gasteiger partial charge >= 0.3 is 0 Å². The van der Waals surface area contributed by atoms with Crippen molar-refractivity contribution in [1.29, 1.82) is 0 Å². The topological polar surface area (TPSA) is 0 Å². The van der Waals surface area contributed by atoms with Crippen LogP contribution in [0.5, 0.6) is 0 Å². The number of fused-ring (bicyclic) bond motifs is 7. The van der Waals surface area contributed by atoms with Crippen LogP contribution in [0, 0.1) is 0 Å². The first-order valence-electron chi connectivity index (χ1n) is 16.7. The Kier molecular flexibility index (Phi) is 5.98. The van der Waals surface area contributed by atoms with Crippen LogP contribution in [-0.2, 0) is 0 Å². The van der Waals surface area contributed by atoms with Crippen molar-refractivity contribution in [2.45, 2.75) is 0 Å². The quantitative estimate of drug-likeness (QED) is 0.139. The summed E-state index contributed by atoms with van der Waals surface area (Å²) in [6, 6.07) is 67.2. The molecule has 10 aromatic carbocycles. The molecule has 0 aliphatic carbocycles. The molecule has 0 aliphatic heterocycles. The normalized spacial score (nSPS) is 11.8. The summed E-state index contributed by atoms with van der Waals surface area (Å²) in [4.78, 5) is 0. The second-order valence-corrected chi connectivity index (χ2v) is 12.9.